The van der Waals surface area contributed by atoms with Crippen LogP contribution in [0, 0.1) is 0 Å². The number of allylic oxidation sites excluding steroid dienone is 1. The molecule has 52 valence electrons. The molecule has 0 rings (SSSR count). The Labute approximate surface area is 57.3 Å². The Kier molecular flexibility index (Phi) is 6.45. The molecule has 0 saturated carbocycles. The lowest BCUT2D eigenvalue weighted by Gasteiger charge is -1.83. The van der Waals surface area contributed by atoms with Gasteiger partial charge >= 0.3 is 8.03 Å². The number of rotatable bonds is 5. The molecule has 0 amide bonds. The average molecular weight is 167 g/mol. The van der Waals surface area contributed by atoms with Crippen LogP contribution >= 0.6 is 17.1 Å². The van der Waals surface area contributed by atoms with Crippen molar-refractivity contribution in [3.63, 3.8) is 0 Å². The van der Waals surface area contributed by atoms with Gasteiger partial charge in [-0.25, -0.2) is 0 Å². The Morgan fingerprint density at radius 3 is 3.00 bits per heavy atom. The molecule has 0 aromatic rings. The van der Waals surface area contributed by atoms with Crippen LogP contribution in [0.15, 0.2) is 12.7 Å². The highest BCUT2D eigenvalue weighted by Crippen LogP contribution is 2.32. The summed E-state index contributed by atoms with van der Waals surface area (Å²) in [6.07, 6.45) is 1.95. The third-order valence-corrected chi connectivity index (χ3v) is 2.34. The second-order valence-electron chi connectivity index (χ2n) is 1.18. The molecule has 3 nitrogen and oxygen atoms in total. The van der Waals surface area contributed by atoms with Gasteiger partial charge in [0.15, 0.2) is 6.16 Å². The predicted molar refractivity (Wildman–Crippen MR) is 39.1 cm³/mol. The lowest BCUT2D eigenvalue weighted by Crippen LogP contribution is -1.69. The highest BCUT2D eigenvalue weighted by Gasteiger charge is 2.13. The Balaban J connectivity index is 3.16. The molecule has 0 aliphatic rings. The fourth-order valence-electron chi connectivity index (χ4n) is 0.222. The molecule has 0 spiro atoms. The van der Waals surface area contributed by atoms with Gasteiger partial charge in [-0.05, 0) is 10.6 Å². The molecule has 0 aromatic carbocycles. The van der Waals surface area contributed by atoms with Gasteiger partial charge in [-0.2, -0.15) is 0 Å². The third-order valence-electron chi connectivity index (χ3n) is 0.501. The molecule has 5 heteroatoms. The summed E-state index contributed by atoms with van der Waals surface area (Å²) in [6, 6.07) is 0. The van der Waals surface area contributed by atoms with Crippen LogP contribution in [0.2, 0.25) is 0 Å². The quantitative estimate of drug-likeness (QED) is 0.464. The molecule has 0 N–H and O–H groups in total. The van der Waals surface area contributed by atoms with Gasteiger partial charge in [-0.15, -0.1) is 0 Å². The van der Waals surface area contributed by atoms with Crippen LogP contribution in [0.1, 0.15) is 0 Å². The molecule has 2 atom stereocenters. The van der Waals surface area contributed by atoms with E-state index in [-0.39, 0.29) is 9.03 Å². The first-order chi connectivity index (χ1) is 4.31. The zero-order valence-corrected chi connectivity index (χ0v) is 7.06. The Hall–Kier alpha value is 0.190. The van der Waals surface area contributed by atoms with Crippen molar-refractivity contribution in [2.45, 2.75) is 0 Å². The smallest absolute Gasteiger partial charge is 0.336 e. The molecule has 0 radical (unpaired) electrons. The molecular weight excluding hydrogens is 158 g/mol. The van der Waals surface area contributed by atoms with Crippen molar-refractivity contribution >= 4 is 17.1 Å². The fourth-order valence-corrected chi connectivity index (χ4v) is 1.36. The molecule has 0 aliphatic carbocycles. The van der Waals surface area contributed by atoms with Gasteiger partial charge in [0.05, 0.1) is 0 Å². The summed E-state index contributed by atoms with van der Waals surface area (Å²) in [5, 5.41) is 0. The zero-order chi connectivity index (χ0) is 7.11. The van der Waals surface area contributed by atoms with Crippen LogP contribution in [0.4, 0.5) is 0 Å². The van der Waals surface area contributed by atoms with Gasteiger partial charge in [0, 0.05) is 7.11 Å². The SMILES string of the molecule is C=CC[P+](=O)OPOC. The van der Waals surface area contributed by atoms with Crippen LogP contribution in [-0.2, 0) is 13.4 Å². The lowest BCUT2D eigenvalue weighted by molar-refractivity contribution is 0.418. The predicted octanol–water partition coefficient (Wildman–Crippen LogP) is 2.09. The van der Waals surface area contributed by atoms with E-state index in [2.05, 4.69) is 15.4 Å². The van der Waals surface area contributed by atoms with Gasteiger partial charge in [0.25, 0.3) is 0 Å². The van der Waals surface area contributed by atoms with Crippen LogP contribution in [0.5, 0.6) is 0 Å². The highest BCUT2D eigenvalue weighted by atomic mass is 31.2. The van der Waals surface area contributed by atoms with Crippen molar-refractivity contribution < 1.29 is 13.4 Å². The van der Waals surface area contributed by atoms with Crippen molar-refractivity contribution in [2.24, 2.45) is 0 Å². The van der Waals surface area contributed by atoms with Crippen LogP contribution in [-0.4, -0.2) is 13.3 Å². The molecule has 0 aliphatic heterocycles. The lowest BCUT2D eigenvalue weighted by atomic mass is 10.8. The highest BCUT2D eigenvalue weighted by molar-refractivity contribution is 7.48. The van der Waals surface area contributed by atoms with E-state index in [1.54, 1.807) is 6.08 Å². The van der Waals surface area contributed by atoms with Gasteiger partial charge in [0.1, 0.15) is 0 Å². The second kappa shape index (κ2) is 6.31. The fraction of sp³-hybridized carbons (Fsp3) is 0.500. The van der Waals surface area contributed by atoms with Crippen molar-refractivity contribution in [1.29, 1.82) is 0 Å². The van der Waals surface area contributed by atoms with E-state index in [0.29, 0.717) is 6.16 Å². The molecule has 2 unspecified atom stereocenters. The first-order valence-electron chi connectivity index (χ1n) is 2.31. The van der Waals surface area contributed by atoms with E-state index >= 15 is 0 Å². The van der Waals surface area contributed by atoms with Crippen LogP contribution in [0.3, 0.4) is 0 Å². The minimum absolute atomic E-state index is 0.126. The molecule has 0 heterocycles. The van der Waals surface area contributed by atoms with E-state index in [1.165, 1.54) is 7.11 Å². The standard InChI is InChI=1S/C4H9O3P2/c1-3-4-9(5)7-8-6-2/h3,8H,1,4H2,2H3/q+1. The monoisotopic (exact) mass is 167 g/mol. The van der Waals surface area contributed by atoms with Gasteiger partial charge in [-0.1, -0.05) is 10.9 Å². The van der Waals surface area contributed by atoms with Crippen LogP contribution < -0.4 is 0 Å². The van der Waals surface area contributed by atoms with E-state index in [9.17, 15) is 4.57 Å². The summed E-state index contributed by atoms with van der Waals surface area (Å²) >= 11 is 0. The largest absolute Gasteiger partial charge is 0.517 e. The molecule has 0 fully saturated rings. The maximum atomic E-state index is 10.6. The first kappa shape index (κ1) is 9.19. The van der Waals surface area contributed by atoms with E-state index < -0.39 is 8.03 Å². The molecule has 0 aromatic heterocycles. The number of hydrogen-bond donors (Lipinski definition) is 0. The van der Waals surface area contributed by atoms with Gasteiger partial charge in [-0.3, -0.25) is 0 Å². The molecule has 9 heavy (non-hydrogen) atoms. The van der Waals surface area contributed by atoms with Crippen LogP contribution in [0.25, 0.3) is 0 Å². The maximum absolute atomic E-state index is 10.6. The second-order valence-corrected chi connectivity index (χ2v) is 3.52. The summed E-state index contributed by atoms with van der Waals surface area (Å²) in [7, 11) is -0.198. The first-order valence-corrected chi connectivity index (χ1v) is 4.49. The third kappa shape index (κ3) is 6.07. The van der Waals surface area contributed by atoms with E-state index in [4.69, 9.17) is 0 Å². The minimum atomic E-state index is -1.57. The van der Waals surface area contributed by atoms with E-state index in [0.717, 1.165) is 0 Å². The van der Waals surface area contributed by atoms with Crippen molar-refractivity contribution in [2.75, 3.05) is 13.3 Å². The van der Waals surface area contributed by atoms with Gasteiger partial charge < -0.3 is 4.52 Å². The Bertz CT molecular complexity index is 104. The molecular formula is C4H9O3P2+. The molecule has 0 saturated heterocycles. The molecule has 0 bridgehead atoms. The summed E-state index contributed by atoms with van der Waals surface area (Å²) in [4.78, 5) is 0. The van der Waals surface area contributed by atoms with E-state index in [1.807, 2.05) is 0 Å². The maximum Gasteiger partial charge on any atom is 0.517 e. The van der Waals surface area contributed by atoms with Gasteiger partial charge in [0.2, 0.25) is 9.03 Å². The average Bonchev–Trinajstić information content (AvgIpc) is 1.85. The van der Waals surface area contributed by atoms with Crippen molar-refractivity contribution in [3.8, 4) is 0 Å². The Morgan fingerprint density at radius 2 is 2.56 bits per heavy atom. The zero-order valence-electron chi connectivity index (χ0n) is 5.16. The van der Waals surface area contributed by atoms with Crippen molar-refractivity contribution in [1.82, 2.24) is 0 Å². The number of hydrogen-bond acceptors (Lipinski definition) is 3. The summed E-state index contributed by atoms with van der Waals surface area (Å²) in [6.45, 7) is 3.41. The normalized spacial score (nSPS) is 12.3. The summed E-state index contributed by atoms with van der Waals surface area (Å²) < 4.78 is 19.8. The summed E-state index contributed by atoms with van der Waals surface area (Å²) in [5.41, 5.74) is 0. The topological polar surface area (TPSA) is 35.5 Å². The minimum Gasteiger partial charge on any atom is -0.336 e. The Morgan fingerprint density at radius 1 is 1.89 bits per heavy atom. The van der Waals surface area contributed by atoms with Crippen molar-refractivity contribution in [3.05, 3.63) is 12.7 Å². The summed E-state index contributed by atoms with van der Waals surface area (Å²) in [5.74, 6) is 0.